The average molecular weight is 321 g/mol. The van der Waals surface area contributed by atoms with E-state index in [0.717, 1.165) is 6.07 Å². The standard InChI is InChI=1S/C15H15NO5S/c17-12-7-14(21-13-4-2-1-3-11(12)13)15(18)16-8-10-5-6-22(19,20)9-10/h1-4,7,10H,5-6,8-9H2,(H,16,18)/t10-/m0/s1. The van der Waals surface area contributed by atoms with E-state index in [-0.39, 0.29) is 35.2 Å². The van der Waals surface area contributed by atoms with E-state index in [4.69, 9.17) is 4.42 Å². The first-order valence-electron chi connectivity index (χ1n) is 6.96. The Bertz CT molecular complexity index is 884. The third-order valence-electron chi connectivity index (χ3n) is 3.74. The highest BCUT2D eigenvalue weighted by molar-refractivity contribution is 7.91. The van der Waals surface area contributed by atoms with Crippen LogP contribution in [-0.4, -0.2) is 32.4 Å². The lowest BCUT2D eigenvalue weighted by Gasteiger charge is -2.09. The first-order valence-corrected chi connectivity index (χ1v) is 8.78. The number of hydrogen-bond acceptors (Lipinski definition) is 5. The average Bonchev–Trinajstić information content (AvgIpc) is 2.84. The number of amides is 1. The van der Waals surface area contributed by atoms with Gasteiger partial charge in [0.05, 0.1) is 16.9 Å². The van der Waals surface area contributed by atoms with E-state index in [1.165, 1.54) is 0 Å². The van der Waals surface area contributed by atoms with Crippen molar-refractivity contribution in [3.8, 4) is 0 Å². The summed E-state index contributed by atoms with van der Waals surface area (Å²) in [6.07, 6.45) is 0.546. The van der Waals surface area contributed by atoms with Gasteiger partial charge in [0.25, 0.3) is 5.91 Å². The van der Waals surface area contributed by atoms with Gasteiger partial charge >= 0.3 is 0 Å². The van der Waals surface area contributed by atoms with Gasteiger partial charge in [-0.25, -0.2) is 8.42 Å². The molecule has 2 heterocycles. The number of rotatable bonds is 3. The van der Waals surface area contributed by atoms with E-state index in [1.54, 1.807) is 24.3 Å². The van der Waals surface area contributed by atoms with E-state index < -0.39 is 15.7 Å². The van der Waals surface area contributed by atoms with Crippen molar-refractivity contribution in [3.05, 3.63) is 46.3 Å². The van der Waals surface area contributed by atoms with Gasteiger partial charge in [0.15, 0.2) is 21.0 Å². The normalized spacial score (nSPS) is 20.1. The van der Waals surface area contributed by atoms with Crippen LogP contribution in [-0.2, 0) is 9.84 Å². The second-order valence-corrected chi connectivity index (χ2v) is 7.68. The zero-order chi connectivity index (χ0) is 15.7. The molecule has 1 saturated heterocycles. The first kappa shape index (κ1) is 14.8. The van der Waals surface area contributed by atoms with Gasteiger partial charge in [0.1, 0.15) is 5.58 Å². The molecule has 6 nitrogen and oxygen atoms in total. The molecule has 3 rings (SSSR count). The molecule has 0 radical (unpaired) electrons. The molecule has 1 aromatic heterocycles. The third-order valence-corrected chi connectivity index (χ3v) is 5.57. The summed E-state index contributed by atoms with van der Waals surface area (Å²) in [4.78, 5) is 24.0. The van der Waals surface area contributed by atoms with E-state index in [0.29, 0.717) is 17.4 Å². The number of carbonyl (C=O) groups excluding carboxylic acids is 1. The second-order valence-electron chi connectivity index (χ2n) is 5.45. The number of hydrogen-bond donors (Lipinski definition) is 1. The van der Waals surface area contributed by atoms with Crippen molar-refractivity contribution in [2.24, 2.45) is 5.92 Å². The summed E-state index contributed by atoms with van der Waals surface area (Å²) in [5, 5.41) is 3.05. The molecule has 2 aromatic rings. The molecule has 0 saturated carbocycles. The molecule has 1 atom stereocenters. The molecule has 22 heavy (non-hydrogen) atoms. The van der Waals surface area contributed by atoms with Crippen molar-refractivity contribution >= 4 is 26.7 Å². The van der Waals surface area contributed by atoms with E-state index >= 15 is 0 Å². The Kier molecular flexibility index (Phi) is 3.74. The fraction of sp³-hybridized carbons (Fsp3) is 0.333. The molecule has 1 fully saturated rings. The summed E-state index contributed by atoms with van der Waals surface area (Å²) in [5.74, 6) is -0.397. The van der Waals surface area contributed by atoms with Crippen molar-refractivity contribution in [1.29, 1.82) is 0 Å². The molecular weight excluding hydrogens is 306 g/mol. The SMILES string of the molecule is O=C(NC[C@@H]1CCS(=O)(=O)C1)c1cc(=O)c2ccccc2o1. The minimum absolute atomic E-state index is 0.0652. The van der Waals surface area contributed by atoms with Crippen LogP contribution >= 0.6 is 0 Å². The molecule has 0 bridgehead atoms. The Morgan fingerprint density at radius 3 is 2.82 bits per heavy atom. The van der Waals surface area contributed by atoms with Gasteiger partial charge in [0, 0.05) is 12.6 Å². The third kappa shape index (κ3) is 3.04. The van der Waals surface area contributed by atoms with Gasteiger partial charge < -0.3 is 9.73 Å². The molecule has 1 aliphatic rings. The predicted molar refractivity (Wildman–Crippen MR) is 81.6 cm³/mol. The largest absolute Gasteiger partial charge is 0.451 e. The summed E-state index contributed by atoms with van der Waals surface area (Å²) in [6, 6.07) is 7.85. The Labute approximate surface area is 127 Å². The highest BCUT2D eigenvalue weighted by atomic mass is 32.2. The van der Waals surface area contributed by atoms with Crippen LogP contribution < -0.4 is 10.7 Å². The maximum Gasteiger partial charge on any atom is 0.287 e. The van der Waals surface area contributed by atoms with Crippen molar-refractivity contribution in [3.63, 3.8) is 0 Å². The van der Waals surface area contributed by atoms with Crippen LogP contribution in [0.25, 0.3) is 11.0 Å². The smallest absolute Gasteiger partial charge is 0.287 e. The molecule has 1 amide bonds. The summed E-state index contributed by atoms with van der Waals surface area (Å²) in [5.41, 5.74) is 0.0686. The van der Waals surface area contributed by atoms with E-state index in [1.807, 2.05) is 0 Å². The minimum Gasteiger partial charge on any atom is -0.451 e. The summed E-state index contributed by atoms with van der Waals surface area (Å²) in [6.45, 7) is 0.259. The fourth-order valence-electron chi connectivity index (χ4n) is 2.57. The van der Waals surface area contributed by atoms with Crippen molar-refractivity contribution in [1.82, 2.24) is 5.32 Å². The van der Waals surface area contributed by atoms with Crippen LogP contribution in [0.3, 0.4) is 0 Å². The highest BCUT2D eigenvalue weighted by Gasteiger charge is 2.28. The van der Waals surface area contributed by atoms with Crippen molar-refractivity contribution in [2.75, 3.05) is 18.1 Å². The van der Waals surface area contributed by atoms with Crippen LogP contribution in [0.5, 0.6) is 0 Å². The van der Waals surface area contributed by atoms with Gasteiger partial charge in [-0.15, -0.1) is 0 Å². The first-order chi connectivity index (χ1) is 10.4. The second kappa shape index (κ2) is 5.57. The van der Waals surface area contributed by atoms with Gasteiger partial charge in [-0.3, -0.25) is 9.59 Å². The Hall–Kier alpha value is -2.15. The minimum atomic E-state index is -2.97. The molecular formula is C15H15NO5S. The summed E-state index contributed by atoms with van der Waals surface area (Å²) in [7, 11) is -2.97. The molecule has 1 N–H and O–H groups in total. The molecule has 1 aromatic carbocycles. The predicted octanol–water partition coefficient (Wildman–Crippen LogP) is 0.958. The summed E-state index contributed by atoms with van der Waals surface area (Å²) >= 11 is 0. The van der Waals surface area contributed by atoms with E-state index in [2.05, 4.69) is 5.32 Å². The van der Waals surface area contributed by atoms with Crippen LogP contribution in [0.15, 0.2) is 39.5 Å². The topological polar surface area (TPSA) is 93.5 Å². The number of para-hydroxylation sites is 1. The zero-order valence-electron chi connectivity index (χ0n) is 11.7. The lowest BCUT2D eigenvalue weighted by atomic mass is 10.1. The number of nitrogens with one attached hydrogen (secondary N) is 1. The maximum absolute atomic E-state index is 12.1. The van der Waals surface area contributed by atoms with Gasteiger partial charge in [-0.2, -0.15) is 0 Å². The van der Waals surface area contributed by atoms with Gasteiger partial charge in [-0.05, 0) is 24.5 Å². The van der Waals surface area contributed by atoms with Crippen LogP contribution in [0.2, 0.25) is 0 Å². The Morgan fingerprint density at radius 2 is 2.09 bits per heavy atom. The van der Waals surface area contributed by atoms with E-state index in [9.17, 15) is 18.0 Å². The van der Waals surface area contributed by atoms with Crippen LogP contribution in [0.4, 0.5) is 0 Å². The van der Waals surface area contributed by atoms with Gasteiger partial charge in [0.2, 0.25) is 0 Å². The van der Waals surface area contributed by atoms with Gasteiger partial charge in [-0.1, -0.05) is 12.1 Å². The van der Waals surface area contributed by atoms with Crippen LogP contribution in [0, 0.1) is 5.92 Å². The maximum atomic E-state index is 12.1. The highest BCUT2D eigenvalue weighted by Crippen LogP contribution is 2.17. The Morgan fingerprint density at radius 1 is 1.32 bits per heavy atom. The number of fused-ring (bicyclic) bond motifs is 1. The molecule has 0 unspecified atom stereocenters. The molecule has 7 heteroatoms. The quantitative estimate of drug-likeness (QED) is 0.909. The number of benzene rings is 1. The molecule has 1 aliphatic heterocycles. The number of carbonyl (C=O) groups is 1. The zero-order valence-corrected chi connectivity index (χ0v) is 12.6. The molecule has 0 spiro atoms. The van der Waals surface area contributed by atoms with Crippen molar-refractivity contribution in [2.45, 2.75) is 6.42 Å². The number of sulfone groups is 1. The lowest BCUT2D eigenvalue weighted by molar-refractivity contribution is 0.0921. The Balaban J connectivity index is 1.74. The fourth-order valence-corrected chi connectivity index (χ4v) is 4.43. The molecule has 0 aliphatic carbocycles. The lowest BCUT2D eigenvalue weighted by Crippen LogP contribution is -2.30. The monoisotopic (exact) mass is 321 g/mol. The van der Waals surface area contributed by atoms with Crippen molar-refractivity contribution < 1.29 is 17.6 Å². The van der Waals surface area contributed by atoms with Crippen LogP contribution in [0.1, 0.15) is 17.0 Å². The summed E-state index contributed by atoms with van der Waals surface area (Å²) < 4.78 is 28.2. The molecule has 116 valence electrons.